The highest BCUT2D eigenvalue weighted by Crippen LogP contribution is 2.39. The molecule has 1 fully saturated rings. The number of hydrogen-bond donors (Lipinski definition) is 2. The van der Waals surface area contributed by atoms with Crippen LogP contribution in [0.2, 0.25) is 0 Å². The summed E-state index contributed by atoms with van der Waals surface area (Å²) >= 11 is 0. The van der Waals surface area contributed by atoms with Crippen molar-refractivity contribution in [3.63, 3.8) is 0 Å². The highest BCUT2D eigenvalue weighted by Gasteiger charge is 2.29. The molecule has 1 aromatic rings. The molecule has 0 aliphatic heterocycles. The molecule has 2 rings (SSSR count). The van der Waals surface area contributed by atoms with Gasteiger partial charge >= 0.3 is 0 Å². The van der Waals surface area contributed by atoms with Gasteiger partial charge in [0, 0.05) is 5.92 Å². The van der Waals surface area contributed by atoms with Crippen LogP contribution in [0.1, 0.15) is 36.6 Å². The van der Waals surface area contributed by atoms with E-state index in [1.807, 2.05) is 0 Å². The van der Waals surface area contributed by atoms with Gasteiger partial charge in [0.25, 0.3) is 0 Å². The molecule has 1 heterocycles. The molecular weight excluding hydrogens is 158 g/mol. The first-order valence-electron chi connectivity index (χ1n) is 4.01. The van der Waals surface area contributed by atoms with Crippen molar-refractivity contribution >= 4 is 0 Å². The van der Waals surface area contributed by atoms with Gasteiger partial charge in [-0.1, -0.05) is 0 Å². The van der Waals surface area contributed by atoms with E-state index in [1.54, 1.807) is 0 Å². The first kappa shape index (κ1) is 7.70. The smallest absolute Gasteiger partial charge is 0.235 e. The van der Waals surface area contributed by atoms with E-state index in [9.17, 15) is 0 Å². The number of aliphatic hydroxyl groups is 1. The van der Waals surface area contributed by atoms with E-state index in [2.05, 4.69) is 10.2 Å². The maximum Gasteiger partial charge on any atom is 0.235 e. The lowest BCUT2D eigenvalue weighted by Crippen LogP contribution is -2.14. The second-order valence-electron chi connectivity index (χ2n) is 3.04. The van der Waals surface area contributed by atoms with Gasteiger partial charge in [0.2, 0.25) is 11.8 Å². The maximum atomic E-state index is 8.70. The summed E-state index contributed by atoms with van der Waals surface area (Å²) in [6.45, 7) is -0.160. The monoisotopic (exact) mass is 169 g/mol. The van der Waals surface area contributed by atoms with E-state index in [4.69, 9.17) is 15.3 Å². The summed E-state index contributed by atoms with van der Waals surface area (Å²) in [6, 6.07) is -0.537. The Morgan fingerprint density at radius 1 is 1.58 bits per heavy atom. The zero-order valence-electron chi connectivity index (χ0n) is 6.60. The Morgan fingerprint density at radius 2 is 2.33 bits per heavy atom. The van der Waals surface area contributed by atoms with Gasteiger partial charge in [-0.3, -0.25) is 0 Å². The Balaban J connectivity index is 2.12. The van der Waals surface area contributed by atoms with Gasteiger partial charge in [-0.05, 0) is 12.8 Å². The summed E-state index contributed by atoms with van der Waals surface area (Å²) in [4.78, 5) is 0. The third-order valence-electron chi connectivity index (χ3n) is 1.90. The Labute approximate surface area is 69.6 Å². The van der Waals surface area contributed by atoms with Gasteiger partial charge in [-0.15, -0.1) is 10.2 Å². The molecule has 0 amide bonds. The van der Waals surface area contributed by atoms with Crippen LogP contribution in [0.15, 0.2) is 4.42 Å². The van der Waals surface area contributed by atoms with E-state index < -0.39 is 6.04 Å². The maximum absolute atomic E-state index is 8.70. The Kier molecular flexibility index (Phi) is 1.82. The van der Waals surface area contributed by atoms with Crippen molar-refractivity contribution in [2.75, 3.05) is 6.61 Å². The standard InChI is InChI=1S/C7H11N3O2/c8-5(3-11)7-10-9-6(12-7)4-1-2-4/h4-5,11H,1-3,8H2. The minimum absolute atomic E-state index is 0.160. The molecule has 5 heteroatoms. The fourth-order valence-corrected chi connectivity index (χ4v) is 0.970. The normalized spacial score (nSPS) is 19.5. The molecule has 3 N–H and O–H groups in total. The Hall–Kier alpha value is -0.940. The van der Waals surface area contributed by atoms with Crippen LogP contribution < -0.4 is 5.73 Å². The fraction of sp³-hybridized carbons (Fsp3) is 0.714. The second kappa shape index (κ2) is 2.84. The third-order valence-corrected chi connectivity index (χ3v) is 1.90. The molecule has 1 unspecified atom stereocenters. The second-order valence-corrected chi connectivity index (χ2v) is 3.04. The molecule has 0 aromatic carbocycles. The summed E-state index contributed by atoms with van der Waals surface area (Å²) < 4.78 is 5.25. The van der Waals surface area contributed by atoms with Crippen molar-refractivity contribution in [1.82, 2.24) is 10.2 Å². The zero-order valence-corrected chi connectivity index (χ0v) is 6.60. The van der Waals surface area contributed by atoms with E-state index >= 15 is 0 Å². The zero-order chi connectivity index (χ0) is 8.55. The molecule has 1 saturated carbocycles. The van der Waals surface area contributed by atoms with E-state index in [1.165, 1.54) is 0 Å². The predicted octanol–water partition coefficient (Wildman–Crippen LogP) is -0.0609. The van der Waals surface area contributed by atoms with Crippen molar-refractivity contribution in [2.45, 2.75) is 24.8 Å². The lowest BCUT2D eigenvalue weighted by molar-refractivity contribution is 0.246. The van der Waals surface area contributed by atoms with Crippen molar-refractivity contribution in [1.29, 1.82) is 0 Å². The van der Waals surface area contributed by atoms with E-state index in [0.717, 1.165) is 12.8 Å². The van der Waals surface area contributed by atoms with Crippen LogP contribution in [0.25, 0.3) is 0 Å². The average Bonchev–Trinajstić information content (AvgIpc) is 2.83. The summed E-state index contributed by atoms with van der Waals surface area (Å²) in [5.74, 6) is 1.44. The SMILES string of the molecule is NC(CO)c1nnc(C2CC2)o1. The number of hydrogen-bond acceptors (Lipinski definition) is 5. The molecule has 66 valence electrons. The molecule has 0 spiro atoms. The fourth-order valence-electron chi connectivity index (χ4n) is 0.970. The lowest BCUT2D eigenvalue weighted by Gasteiger charge is -1.99. The Morgan fingerprint density at radius 3 is 2.92 bits per heavy atom. The minimum Gasteiger partial charge on any atom is -0.423 e. The number of aliphatic hydroxyl groups excluding tert-OH is 1. The van der Waals surface area contributed by atoms with Gasteiger partial charge in [0.1, 0.15) is 6.04 Å². The molecule has 1 aromatic heterocycles. The highest BCUT2D eigenvalue weighted by atomic mass is 16.4. The summed E-state index contributed by atoms with van der Waals surface area (Å²) in [5, 5.41) is 16.3. The number of aromatic nitrogens is 2. The molecule has 5 nitrogen and oxygen atoms in total. The van der Waals surface area contributed by atoms with Crippen molar-refractivity contribution in [3.8, 4) is 0 Å². The van der Waals surface area contributed by atoms with Crippen LogP contribution in [0.4, 0.5) is 0 Å². The van der Waals surface area contributed by atoms with Crippen molar-refractivity contribution in [3.05, 3.63) is 11.8 Å². The van der Waals surface area contributed by atoms with Crippen LogP contribution in [0.3, 0.4) is 0 Å². The molecule has 0 bridgehead atoms. The number of nitrogens with zero attached hydrogens (tertiary/aromatic N) is 2. The van der Waals surface area contributed by atoms with Crippen LogP contribution in [-0.4, -0.2) is 21.9 Å². The molecule has 0 saturated heterocycles. The highest BCUT2D eigenvalue weighted by molar-refractivity contribution is 5.01. The molecule has 1 aliphatic rings. The van der Waals surface area contributed by atoms with Gasteiger partial charge < -0.3 is 15.3 Å². The van der Waals surface area contributed by atoms with Crippen LogP contribution in [0.5, 0.6) is 0 Å². The molecule has 1 aliphatic carbocycles. The summed E-state index contributed by atoms with van der Waals surface area (Å²) in [5.41, 5.74) is 5.48. The van der Waals surface area contributed by atoms with Gasteiger partial charge in [0.05, 0.1) is 6.61 Å². The van der Waals surface area contributed by atoms with Crippen LogP contribution in [0, 0.1) is 0 Å². The lowest BCUT2D eigenvalue weighted by atomic mass is 10.3. The van der Waals surface area contributed by atoms with Gasteiger partial charge in [-0.25, -0.2) is 0 Å². The van der Waals surface area contributed by atoms with Gasteiger partial charge in [0.15, 0.2) is 0 Å². The average molecular weight is 169 g/mol. The number of nitrogens with two attached hydrogens (primary N) is 1. The molecule has 12 heavy (non-hydrogen) atoms. The summed E-state index contributed by atoms with van der Waals surface area (Å²) in [6.07, 6.45) is 2.24. The Bertz CT molecular complexity index is 269. The first-order valence-corrected chi connectivity index (χ1v) is 4.01. The van der Waals surface area contributed by atoms with Gasteiger partial charge in [-0.2, -0.15) is 0 Å². The quantitative estimate of drug-likeness (QED) is 0.662. The van der Waals surface area contributed by atoms with Crippen molar-refractivity contribution in [2.24, 2.45) is 5.73 Å². The summed E-state index contributed by atoms with van der Waals surface area (Å²) in [7, 11) is 0. The van der Waals surface area contributed by atoms with Crippen LogP contribution in [-0.2, 0) is 0 Å². The molecule has 0 radical (unpaired) electrons. The van der Waals surface area contributed by atoms with Crippen LogP contribution >= 0.6 is 0 Å². The predicted molar refractivity (Wildman–Crippen MR) is 40.3 cm³/mol. The van der Waals surface area contributed by atoms with E-state index in [0.29, 0.717) is 17.7 Å². The van der Waals surface area contributed by atoms with E-state index in [-0.39, 0.29) is 6.61 Å². The molecular formula is C7H11N3O2. The molecule has 1 atom stereocenters. The largest absolute Gasteiger partial charge is 0.423 e. The third kappa shape index (κ3) is 1.33. The van der Waals surface area contributed by atoms with Crippen molar-refractivity contribution < 1.29 is 9.52 Å². The minimum atomic E-state index is -0.537. The topological polar surface area (TPSA) is 85.2 Å². The number of rotatable bonds is 3. The first-order chi connectivity index (χ1) is 5.81.